The molecule has 0 radical (unpaired) electrons. The lowest BCUT2D eigenvalue weighted by molar-refractivity contribution is -0.134. The van der Waals surface area contributed by atoms with E-state index >= 15 is 0 Å². The Labute approximate surface area is 313 Å². The summed E-state index contributed by atoms with van der Waals surface area (Å²) in [6.45, 7) is 6.38. The molecule has 5 N–H and O–H groups in total. The van der Waals surface area contributed by atoms with Crippen LogP contribution in [0, 0.1) is 11.5 Å². The van der Waals surface area contributed by atoms with Gasteiger partial charge in [-0.1, -0.05) is 18.2 Å². The minimum absolute atomic E-state index is 0.0478. The second-order valence-electron chi connectivity index (χ2n) is 13.9. The van der Waals surface area contributed by atoms with Crippen molar-refractivity contribution >= 4 is 71.4 Å². The van der Waals surface area contributed by atoms with Crippen LogP contribution in [0.5, 0.6) is 0 Å². The van der Waals surface area contributed by atoms with Gasteiger partial charge in [0.1, 0.15) is 6.04 Å². The highest BCUT2D eigenvalue weighted by molar-refractivity contribution is 9.11. The lowest BCUT2D eigenvalue weighted by Gasteiger charge is -2.42. The van der Waals surface area contributed by atoms with Gasteiger partial charge in [-0.25, -0.2) is 9.79 Å². The molecule has 7 rings (SSSR count). The van der Waals surface area contributed by atoms with E-state index in [1.54, 1.807) is 0 Å². The minimum Gasteiger partial charge on any atom is -0.397 e. The summed E-state index contributed by atoms with van der Waals surface area (Å²) in [7, 11) is 2.18. The topological polar surface area (TPSA) is 166 Å². The van der Waals surface area contributed by atoms with Crippen LogP contribution in [0.4, 0.5) is 5.69 Å². The number of amides is 1. The molecule has 2 aromatic heterocycles. The number of anilines is 1. The van der Waals surface area contributed by atoms with E-state index in [0.717, 1.165) is 94.0 Å². The number of para-hydroxylation sites is 1. The largest absolute Gasteiger partial charge is 0.397 e. The monoisotopic (exact) mass is 819 g/mol. The molecule has 0 unspecified atom stereocenters. The number of imidazole rings is 1. The quantitative estimate of drug-likeness (QED) is 0.0741. The molecule has 13 nitrogen and oxygen atoms in total. The molecule has 5 heterocycles. The summed E-state index contributed by atoms with van der Waals surface area (Å²) in [5.41, 5.74) is 10.6. The summed E-state index contributed by atoms with van der Waals surface area (Å²) in [5.74, 6) is 0.429. The molecule has 51 heavy (non-hydrogen) atoms. The number of hydrogen-bond donors (Lipinski definition) is 4. The number of piperidine rings is 2. The number of halogens is 2. The van der Waals surface area contributed by atoms with Crippen molar-refractivity contribution in [3.63, 3.8) is 0 Å². The lowest BCUT2D eigenvalue weighted by atomic mass is 9.92. The number of carbonyl (C=O) groups excluding carboxylic acids is 1. The third kappa shape index (κ3) is 7.65. The average molecular weight is 822 g/mol. The first kappa shape index (κ1) is 35.4. The van der Waals surface area contributed by atoms with Crippen LogP contribution in [0.1, 0.15) is 42.9 Å². The van der Waals surface area contributed by atoms with Gasteiger partial charge in [-0.05, 0) is 101 Å². The number of rotatable bonds is 6. The highest BCUT2D eigenvalue weighted by Gasteiger charge is 2.33. The smallest absolute Gasteiger partial charge is 0.323 e. The van der Waals surface area contributed by atoms with Crippen molar-refractivity contribution in [2.24, 2.45) is 4.99 Å². The second kappa shape index (κ2) is 15.3. The standard InChI is InChI=1S/C36H43Br2N11O2/c1-46-10-8-24(9-11-46)47-14-16-48(17-15-47)34(50)29(20-22-18-26(37)30(40)27(38)19-22)43-35(41-21-39)49-12-6-23(7-13-49)31-33-32(44-36(51)45-33)25-4-2-3-5-28(25)42-31/h2-5,18-19,23-24,29H,6-17,20,40H2,1H3,(H,41,43)(H2,44,45,51)/t29-/m1/s1. The van der Waals surface area contributed by atoms with Crippen LogP contribution in [-0.4, -0.2) is 118 Å². The maximum absolute atomic E-state index is 14.3. The zero-order chi connectivity index (χ0) is 35.6. The summed E-state index contributed by atoms with van der Waals surface area (Å²) >= 11 is 7.11. The molecule has 0 spiro atoms. The molecule has 0 aliphatic carbocycles. The summed E-state index contributed by atoms with van der Waals surface area (Å²) in [4.78, 5) is 51.6. The number of H-pyrrole nitrogens is 2. The normalized spacial score (nSPS) is 19.5. The maximum Gasteiger partial charge on any atom is 0.323 e. The molecule has 3 aliphatic heterocycles. The number of aromatic amines is 2. The molecular weight excluding hydrogens is 778 g/mol. The van der Waals surface area contributed by atoms with Gasteiger partial charge in [-0.2, -0.15) is 5.26 Å². The fourth-order valence-corrected chi connectivity index (χ4v) is 9.12. The Morgan fingerprint density at radius 1 is 1.00 bits per heavy atom. The number of carbonyl (C=O) groups is 1. The maximum atomic E-state index is 14.3. The fraction of sp³-hybridized carbons (Fsp3) is 0.472. The summed E-state index contributed by atoms with van der Waals surface area (Å²) in [6, 6.07) is 11.5. The number of guanidine groups is 1. The highest BCUT2D eigenvalue weighted by Crippen LogP contribution is 2.34. The lowest BCUT2D eigenvalue weighted by Crippen LogP contribution is -2.55. The van der Waals surface area contributed by atoms with Crippen molar-refractivity contribution in [3.05, 3.63) is 67.1 Å². The number of nitrogen functional groups attached to an aromatic ring is 1. The van der Waals surface area contributed by atoms with Crippen LogP contribution in [-0.2, 0) is 11.2 Å². The number of aromatic nitrogens is 3. The van der Waals surface area contributed by atoms with E-state index in [0.29, 0.717) is 50.3 Å². The van der Waals surface area contributed by atoms with E-state index < -0.39 is 6.04 Å². The van der Waals surface area contributed by atoms with Gasteiger partial charge < -0.3 is 30.4 Å². The van der Waals surface area contributed by atoms with E-state index in [4.69, 9.17) is 15.7 Å². The summed E-state index contributed by atoms with van der Waals surface area (Å²) < 4.78 is 1.48. The van der Waals surface area contributed by atoms with Crippen LogP contribution in [0.25, 0.3) is 21.9 Å². The van der Waals surface area contributed by atoms with Gasteiger partial charge in [0.25, 0.3) is 0 Å². The number of aliphatic imine (C=N–C) groups is 1. The summed E-state index contributed by atoms with van der Waals surface area (Å²) in [5, 5.41) is 13.6. The Kier molecular flexibility index (Phi) is 10.7. The molecule has 3 fully saturated rings. The predicted molar refractivity (Wildman–Crippen MR) is 206 cm³/mol. The minimum atomic E-state index is -0.748. The molecule has 1 amide bonds. The van der Waals surface area contributed by atoms with Crippen molar-refractivity contribution < 1.29 is 4.79 Å². The molecule has 268 valence electrons. The molecule has 0 saturated carbocycles. The molecule has 4 aromatic rings. The van der Waals surface area contributed by atoms with Crippen molar-refractivity contribution in [1.82, 2.24) is 39.9 Å². The predicted octanol–water partition coefficient (Wildman–Crippen LogP) is 3.97. The zero-order valence-electron chi connectivity index (χ0n) is 28.7. The van der Waals surface area contributed by atoms with E-state index in [1.165, 1.54) is 0 Å². The van der Waals surface area contributed by atoms with Crippen LogP contribution >= 0.6 is 31.9 Å². The van der Waals surface area contributed by atoms with E-state index in [-0.39, 0.29) is 17.5 Å². The molecule has 15 heteroatoms. The van der Waals surface area contributed by atoms with Gasteiger partial charge in [-0.3, -0.25) is 20.0 Å². The third-order valence-corrected chi connectivity index (χ3v) is 12.0. The number of nitriles is 1. The van der Waals surface area contributed by atoms with Crippen LogP contribution in [0.15, 0.2) is 55.1 Å². The van der Waals surface area contributed by atoms with E-state index in [2.05, 4.69) is 70.2 Å². The van der Waals surface area contributed by atoms with E-state index in [1.807, 2.05) is 46.2 Å². The number of nitrogens with two attached hydrogens (primary N) is 1. The van der Waals surface area contributed by atoms with Crippen LogP contribution in [0.3, 0.4) is 0 Å². The zero-order valence-corrected chi connectivity index (χ0v) is 31.8. The molecule has 3 aliphatic rings. The first-order valence-electron chi connectivity index (χ1n) is 17.6. The SMILES string of the molecule is CN1CCC(N2CCN(C(=O)[C@@H](Cc3cc(Br)c(N)c(Br)c3)N=C(NC#N)N3CCC(c4nc5ccccc5c5[nH]c(=O)[nH]c45)CC3)CC2)CC1. The van der Waals surface area contributed by atoms with Gasteiger partial charge in [0.05, 0.1) is 27.9 Å². The first-order chi connectivity index (χ1) is 24.7. The number of piperazine rings is 1. The number of pyridine rings is 1. The number of hydrogen-bond acceptors (Lipinski definition) is 8. The number of nitrogens with zero attached hydrogens (tertiary/aromatic N) is 7. The Morgan fingerprint density at radius 2 is 1.67 bits per heavy atom. The van der Waals surface area contributed by atoms with Crippen molar-refractivity contribution in [3.8, 4) is 6.19 Å². The Hall–Kier alpha value is -3.97. The third-order valence-electron chi connectivity index (χ3n) is 10.7. The van der Waals surface area contributed by atoms with Gasteiger partial charge in [0.2, 0.25) is 11.9 Å². The first-order valence-corrected chi connectivity index (χ1v) is 19.2. The van der Waals surface area contributed by atoms with Gasteiger partial charge in [0, 0.05) is 72.0 Å². The Morgan fingerprint density at radius 3 is 2.35 bits per heavy atom. The number of nitrogens with one attached hydrogen (secondary N) is 3. The van der Waals surface area contributed by atoms with E-state index in [9.17, 15) is 14.9 Å². The number of fused-ring (bicyclic) bond motifs is 3. The Bertz CT molecular complexity index is 2010. The van der Waals surface area contributed by atoms with Crippen molar-refractivity contribution in [2.45, 2.75) is 50.1 Å². The molecule has 2 aromatic carbocycles. The average Bonchev–Trinajstić information content (AvgIpc) is 3.55. The number of likely N-dealkylation sites (tertiary alicyclic amines) is 2. The summed E-state index contributed by atoms with van der Waals surface area (Å²) in [6.07, 6.45) is 6.19. The van der Waals surface area contributed by atoms with Crippen molar-refractivity contribution in [2.75, 3.05) is 65.1 Å². The molecule has 3 saturated heterocycles. The van der Waals surface area contributed by atoms with Gasteiger partial charge >= 0.3 is 5.69 Å². The molecule has 1 atom stereocenters. The Balaban J connectivity index is 1.11. The van der Waals surface area contributed by atoms with Gasteiger partial charge in [0.15, 0.2) is 6.19 Å². The molecule has 0 bridgehead atoms. The van der Waals surface area contributed by atoms with Crippen LogP contribution < -0.4 is 16.7 Å². The van der Waals surface area contributed by atoms with Gasteiger partial charge in [-0.15, -0.1) is 0 Å². The fourth-order valence-electron chi connectivity index (χ4n) is 7.84. The van der Waals surface area contributed by atoms with Crippen LogP contribution in [0.2, 0.25) is 0 Å². The second-order valence-corrected chi connectivity index (χ2v) is 15.6. The molecular formula is C36H43Br2N11O2. The van der Waals surface area contributed by atoms with Crippen molar-refractivity contribution in [1.29, 1.82) is 5.26 Å². The number of benzene rings is 2. The highest BCUT2D eigenvalue weighted by atomic mass is 79.9.